The molecule has 0 saturated heterocycles. The molecule has 1 N–H and O–H groups in total. The van der Waals surface area contributed by atoms with Crippen LogP contribution < -0.4 is 10.1 Å². The topological polar surface area (TPSA) is 108 Å². The number of anilines is 1. The van der Waals surface area contributed by atoms with Gasteiger partial charge in [-0.2, -0.15) is 0 Å². The normalized spacial score (nSPS) is 12.4. The van der Waals surface area contributed by atoms with Gasteiger partial charge in [-0.05, 0) is 35.9 Å². The summed E-state index contributed by atoms with van der Waals surface area (Å²) in [5.41, 5.74) is 2.30. The third-order valence-corrected chi connectivity index (χ3v) is 4.85. The molecule has 3 heterocycles. The van der Waals surface area contributed by atoms with Gasteiger partial charge in [-0.1, -0.05) is 16.5 Å². The molecule has 0 aliphatic rings. The van der Waals surface area contributed by atoms with Crippen LogP contribution in [0.15, 0.2) is 52.5 Å². The lowest BCUT2D eigenvalue weighted by atomic mass is 10.1. The Morgan fingerprint density at radius 3 is 3.00 bits per heavy atom. The first-order valence-corrected chi connectivity index (χ1v) is 9.12. The van der Waals surface area contributed by atoms with Crippen molar-refractivity contribution in [3.05, 3.63) is 60.1 Å². The summed E-state index contributed by atoms with van der Waals surface area (Å²) in [5.74, 6) is 0.938. The molecule has 3 aromatic heterocycles. The summed E-state index contributed by atoms with van der Waals surface area (Å²) >= 11 is 1.54. The number of nitrogens with zero attached hydrogens (tertiary/aromatic N) is 5. The zero-order chi connectivity index (χ0) is 19.3. The molecule has 0 aliphatic carbocycles. The molecule has 1 unspecified atom stereocenters. The maximum atomic E-state index is 6.18. The predicted molar refractivity (Wildman–Crippen MR) is 105 cm³/mol. The van der Waals surface area contributed by atoms with Crippen molar-refractivity contribution in [2.45, 2.75) is 6.10 Å². The largest absolute Gasteiger partial charge is 0.474 e. The maximum absolute atomic E-state index is 6.18. The SMILES string of the molecule is CNc1nc2ccc(OC(c3cc(/C=N/OC)ccn3)c3nnco3)cc2s1. The predicted octanol–water partition coefficient (Wildman–Crippen LogP) is 3.26. The highest BCUT2D eigenvalue weighted by Gasteiger charge is 2.23. The van der Waals surface area contributed by atoms with Gasteiger partial charge in [0.2, 0.25) is 12.5 Å². The lowest BCUT2D eigenvalue weighted by molar-refractivity contribution is 0.203. The smallest absolute Gasteiger partial charge is 0.263 e. The van der Waals surface area contributed by atoms with Gasteiger partial charge in [-0.15, -0.1) is 10.2 Å². The van der Waals surface area contributed by atoms with E-state index in [0.29, 0.717) is 17.3 Å². The summed E-state index contributed by atoms with van der Waals surface area (Å²) in [6.07, 6.45) is 3.82. The molecule has 0 saturated carbocycles. The second kappa shape index (κ2) is 8.01. The highest BCUT2D eigenvalue weighted by atomic mass is 32.1. The number of thiazole rings is 1. The van der Waals surface area contributed by atoms with E-state index in [0.717, 1.165) is 20.9 Å². The number of nitrogens with one attached hydrogen (secondary N) is 1. The average molecular weight is 396 g/mol. The van der Waals surface area contributed by atoms with Gasteiger partial charge in [0.15, 0.2) is 5.13 Å². The van der Waals surface area contributed by atoms with Crippen molar-refractivity contribution in [2.24, 2.45) is 5.16 Å². The Morgan fingerprint density at radius 2 is 2.21 bits per heavy atom. The van der Waals surface area contributed by atoms with Gasteiger partial charge in [0.25, 0.3) is 5.89 Å². The van der Waals surface area contributed by atoms with Gasteiger partial charge >= 0.3 is 0 Å². The summed E-state index contributed by atoms with van der Waals surface area (Å²) in [5, 5.41) is 15.4. The van der Waals surface area contributed by atoms with Crippen molar-refractivity contribution in [1.29, 1.82) is 0 Å². The molecule has 1 aromatic carbocycles. The number of fused-ring (bicyclic) bond motifs is 1. The summed E-state index contributed by atoms with van der Waals surface area (Å²) in [6.45, 7) is 0. The number of hydrogen-bond donors (Lipinski definition) is 1. The number of pyridine rings is 1. The maximum Gasteiger partial charge on any atom is 0.263 e. The fraction of sp³-hybridized carbons (Fsp3) is 0.167. The minimum atomic E-state index is -0.674. The molecule has 0 spiro atoms. The Labute approximate surface area is 164 Å². The monoisotopic (exact) mass is 396 g/mol. The molecule has 0 fully saturated rings. The van der Waals surface area contributed by atoms with E-state index in [-0.39, 0.29) is 0 Å². The Bertz CT molecular complexity index is 1100. The molecule has 0 amide bonds. The van der Waals surface area contributed by atoms with Crippen LogP contribution in [0.4, 0.5) is 5.13 Å². The van der Waals surface area contributed by atoms with Crippen LogP contribution in [0.3, 0.4) is 0 Å². The van der Waals surface area contributed by atoms with Crippen molar-refractivity contribution in [2.75, 3.05) is 19.5 Å². The van der Waals surface area contributed by atoms with Gasteiger partial charge in [0, 0.05) is 13.2 Å². The Hall–Kier alpha value is -3.53. The Balaban J connectivity index is 1.69. The van der Waals surface area contributed by atoms with Crippen molar-refractivity contribution in [3.63, 3.8) is 0 Å². The molecule has 9 nitrogen and oxygen atoms in total. The lowest BCUT2D eigenvalue weighted by Gasteiger charge is -2.15. The summed E-state index contributed by atoms with van der Waals surface area (Å²) < 4.78 is 12.6. The number of ether oxygens (including phenoxy) is 1. The van der Waals surface area contributed by atoms with Crippen LogP contribution in [-0.2, 0) is 4.84 Å². The zero-order valence-corrected chi connectivity index (χ0v) is 15.9. The number of oxime groups is 1. The van der Waals surface area contributed by atoms with E-state index in [4.69, 9.17) is 14.0 Å². The van der Waals surface area contributed by atoms with E-state index >= 15 is 0 Å². The molecule has 0 radical (unpaired) electrons. The average Bonchev–Trinajstić information content (AvgIpc) is 3.39. The van der Waals surface area contributed by atoms with Crippen LogP contribution in [-0.4, -0.2) is 40.5 Å². The van der Waals surface area contributed by atoms with Crippen LogP contribution in [0.1, 0.15) is 23.3 Å². The summed E-state index contributed by atoms with van der Waals surface area (Å²) in [4.78, 5) is 13.6. The highest BCUT2D eigenvalue weighted by molar-refractivity contribution is 7.22. The van der Waals surface area contributed by atoms with Crippen molar-refractivity contribution in [3.8, 4) is 5.75 Å². The first-order chi connectivity index (χ1) is 13.8. The van der Waals surface area contributed by atoms with E-state index in [2.05, 4.69) is 30.6 Å². The molecule has 0 aliphatic heterocycles. The van der Waals surface area contributed by atoms with E-state index in [1.807, 2.05) is 31.3 Å². The fourth-order valence-electron chi connectivity index (χ4n) is 2.56. The number of benzene rings is 1. The Morgan fingerprint density at radius 1 is 1.29 bits per heavy atom. The first kappa shape index (κ1) is 17.9. The van der Waals surface area contributed by atoms with Crippen molar-refractivity contribution in [1.82, 2.24) is 20.2 Å². The van der Waals surface area contributed by atoms with Gasteiger partial charge in [0.1, 0.15) is 12.9 Å². The standard InChI is InChI=1S/C18H16N6O3S/c1-19-18-23-13-4-3-12(8-15(13)28-18)27-16(17-24-21-10-26-17)14-7-11(5-6-20-14)9-22-25-2/h3-10,16H,1-2H3,(H,19,23)/b22-9+. The van der Waals surface area contributed by atoms with Crippen LogP contribution in [0.5, 0.6) is 5.75 Å². The second-order valence-corrected chi connectivity index (χ2v) is 6.64. The van der Waals surface area contributed by atoms with E-state index < -0.39 is 6.10 Å². The van der Waals surface area contributed by atoms with Gasteiger partial charge in [0.05, 0.1) is 22.1 Å². The molecular weight excluding hydrogens is 380 g/mol. The molecule has 28 heavy (non-hydrogen) atoms. The quantitative estimate of drug-likeness (QED) is 0.375. The summed E-state index contributed by atoms with van der Waals surface area (Å²) in [7, 11) is 3.32. The molecule has 1 atom stereocenters. The van der Waals surface area contributed by atoms with Crippen molar-refractivity contribution >= 4 is 32.9 Å². The number of rotatable bonds is 7. The van der Waals surface area contributed by atoms with Gasteiger partial charge < -0.3 is 19.3 Å². The molecule has 142 valence electrons. The van der Waals surface area contributed by atoms with Crippen LogP contribution >= 0.6 is 11.3 Å². The fourth-order valence-corrected chi connectivity index (χ4v) is 3.40. The first-order valence-electron chi connectivity index (χ1n) is 8.30. The van der Waals surface area contributed by atoms with Crippen LogP contribution in [0.2, 0.25) is 0 Å². The molecule has 4 rings (SSSR count). The van der Waals surface area contributed by atoms with Gasteiger partial charge in [-0.25, -0.2) is 4.98 Å². The third-order valence-electron chi connectivity index (χ3n) is 3.81. The van der Waals surface area contributed by atoms with E-state index in [9.17, 15) is 0 Å². The summed E-state index contributed by atoms with van der Waals surface area (Å²) in [6, 6.07) is 9.30. The zero-order valence-electron chi connectivity index (χ0n) is 15.1. The second-order valence-electron chi connectivity index (χ2n) is 5.60. The Kier molecular flexibility index (Phi) is 5.11. The number of hydrogen-bond acceptors (Lipinski definition) is 10. The van der Waals surface area contributed by atoms with Crippen LogP contribution in [0.25, 0.3) is 10.2 Å². The third kappa shape index (κ3) is 3.76. The minimum Gasteiger partial charge on any atom is -0.474 e. The molecule has 10 heteroatoms. The highest BCUT2D eigenvalue weighted by Crippen LogP contribution is 2.32. The van der Waals surface area contributed by atoms with Crippen molar-refractivity contribution < 1.29 is 14.0 Å². The lowest BCUT2D eigenvalue weighted by Crippen LogP contribution is -2.12. The molecule has 0 bridgehead atoms. The van der Waals surface area contributed by atoms with Gasteiger partial charge in [-0.3, -0.25) is 4.98 Å². The molecule has 4 aromatic rings. The van der Waals surface area contributed by atoms with E-state index in [1.54, 1.807) is 29.8 Å². The number of aromatic nitrogens is 4. The minimum absolute atomic E-state index is 0.300. The van der Waals surface area contributed by atoms with E-state index in [1.165, 1.54) is 13.5 Å². The van der Waals surface area contributed by atoms with Crippen LogP contribution in [0, 0.1) is 0 Å². The molecular formula is C18H16N6O3S.